The molecule has 0 aliphatic carbocycles. The number of rotatable bonds is 4. The lowest BCUT2D eigenvalue weighted by molar-refractivity contribution is -0.117. The van der Waals surface area contributed by atoms with Gasteiger partial charge in [-0.05, 0) is 55.9 Å². The number of amides is 1. The molecule has 26 heavy (non-hydrogen) atoms. The molecule has 0 spiro atoms. The molecule has 1 aliphatic rings. The van der Waals surface area contributed by atoms with E-state index in [1.165, 1.54) is 15.8 Å². The minimum absolute atomic E-state index is 0.0437. The van der Waals surface area contributed by atoms with Crippen LogP contribution in [0.5, 0.6) is 0 Å². The van der Waals surface area contributed by atoms with Crippen LogP contribution in [0.15, 0.2) is 35.3 Å². The van der Waals surface area contributed by atoms with Crippen molar-refractivity contribution in [1.82, 2.24) is 9.78 Å². The van der Waals surface area contributed by atoms with Crippen LogP contribution in [0, 0.1) is 19.8 Å². The van der Waals surface area contributed by atoms with E-state index in [1.807, 2.05) is 25.1 Å². The van der Waals surface area contributed by atoms with E-state index in [2.05, 4.69) is 22.2 Å². The first-order chi connectivity index (χ1) is 12.4. The molecule has 1 aromatic carbocycles. The number of benzene rings is 1. The summed E-state index contributed by atoms with van der Waals surface area (Å²) in [6.07, 6.45) is 4.24. The zero-order chi connectivity index (χ0) is 18.7. The highest BCUT2D eigenvalue weighted by Crippen LogP contribution is 2.24. The topological polar surface area (TPSA) is 67.2 Å². The Morgan fingerprint density at radius 1 is 1.27 bits per heavy atom. The lowest BCUT2D eigenvalue weighted by Crippen LogP contribution is -2.37. The molecule has 1 aliphatic heterocycles. The van der Waals surface area contributed by atoms with Crippen LogP contribution in [0.3, 0.4) is 0 Å². The number of carbonyl (C=O) groups is 1. The summed E-state index contributed by atoms with van der Waals surface area (Å²) >= 11 is 0. The van der Waals surface area contributed by atoms with Crippen molar-refractivity contribution in [2.24, 2.45) is 13.0 Å². The monoisotopic (exact) mass is 354 g/mol. The van der Waals surface area contributed by atoms with Crippen molar-refractivity contribution < 1.29 is 4.79 Å². The molecule has 0 saturated carbocycles. The maximum absolute atomic E-state index is 12.4. The molecule has 2 heterocycles. The molecule has 1 atom stereocenters. The zero-order valence-corrected chi connectivity index (χ0v) is 15.7. The van der Waals surface area contributed by atoms with Gasteiger partial charge in [-0.2, -0.15) is 5.10 Å². The first-order valence-electron chi connectivity index (χ1n) is 9.08. The fourth-order valence-corrected chi connectivity index (χ4v) is 3.39. The Morgan fingerprint density at radius 2 is 2.08 bits per heavy atom. The van der Waals surface area contributed by atoms with E-state index in [4.69, 9.17) is 0 Å². The van der Waals surface area contributed by atoms with Crippen LogP contribution >= 0.6 is 0 Å². The van der Waals surface area contributed by atoms with Crippen LogP contribution in [0.2, 0.25) is 0 Å². The van der Waals surface area contributed by atoms with E-state index in [-0.39, 0.29) is 17.4 Å². The maximum atomic E-state index is 12.4. The van der Waals surface area contributed by atoms with Crippen molar-refractivity contribution in [2.45, 2.75) is 33.1 Å². The molecule has 1 unspecified atom stereocenters. The molecule has 2 aromatic rings. The van der Waals surface area contributed by atoms with E-state index < -0.39 is 0 Å². The standard InChI is InChI=1S/C20H26N4O2/c1-14-6-7-17(9-15(14)2)22-19(25)10-16-5-4-8-24(13-16)18-11-20(26)23(3)21-12-18/h6-7,9,11-12,16H,4-5,8,10,13H2,1-3H3,(H,22,25). The molecule has 3 rings (SSSR count). The molecular formula is C20H26N4O2. The number of hydrogen-bond donors (Lipinski definition) is 1. The van der Waals surface area contributed by atoms with E-state index in [9.17, 15) is 9.59 Å². The van der Waals surface area contributed by atoms with Crippen molar-refractivity contribution in [3.05, 3.63) is 51.9 Å². The number of nitrogens with one attached hydrogen (secondary N) is 1. The Bertz CT molecular complexity index is 859. The van der Waals surface area contributed by atoms with Gasteiger partial charge in [0.15, 0.2) is 0 Å². The molecule has 6 heteroatoms. The Hall–Kier alpha value is -2.63. The first kappa shape index (κ1) is 18.2. The molecule has 1 amide bonds. The van der Waals surface area contributed by atoms with Crippen molar-refractivity contribution in [3.63, 3.8) is 0 Å². The second-order valence-corrected chi connectivity index (χ2v) is 7.18. The first-order valence-corrected chi connectivity index (χ1v) is 9.08. The Balaban J connectivity index is 1.60. The fourth-order valence-electron chi connectivity index (χ4n) is 3.39. The van der Waals surface area contributed by atoms with Crippen LogP contribution < -0.4 is 15.8 Å². The molecule has 1 fully saturated rings. The van der Waals surface area contributed by atoms with E-state index in [1.54, 1.807) is 19.3 Å². The van der Waals surface area contributed by atoms with Crippen LogP contribution in [0.4, 0.5) is 11.4 Å². The van der Waals surface area contributed by atoms with Crippen molar-refractivity contribution >= 4 is 17.3 Å². The minimum atomic E-state index is -0.114. The highest BCUT2D eigenvalue weighted by Gasteiger charge is 2.23. The van der Waals surface area contributed by atoms with Gasteiger partial charge in [-0.15, -0.1) is 0 Å². The predicted molar refractivity (Wildman–Crippen MR) is 104 cm³/mol. The normalized spacial score (nSPS) is 17.2. The summed E-state index contributed by atoms with van der Waals surface area (Å²) in [5, 5.41) is 7.10. The van der Waals surface area contributed by atoms with Gasteiger partial charge in [-0.1, -0.05) is 6.07 Å². The molecule has 0 bridgehead atoms. The Labute approximate surface area is 153 Å². The SMILES string of the molecule is Cc1ccc(NC(=O)CC2CCCN(c3cnn(C)c(=O)c3)C2)cc1C. The summed E-state index contributed by atoms with van der Waals surface area (Å²) < 4.78 is 1.32. The third-order valence-corrected chi connectivity index (χ3v) is 5.10. The van der Waals surface area contributed by atoms with Gasteiger partial charge in [-0.25, -0.2) is 4.68 Å². The van der Waals surface area contributed by atoms with Gasteiger partial charge in [0.1, 0.15) is 0 Å². The lowest BCUT2D eigenvalue weighted by atomic mass is 9.94. The van der Waals surface area contributed by atoms with Gasteiger partial charge in [0.05, 0.1) is 11.9 Å². The van der Waals surface area contributed by atoms with E-state index in [0.29, 0.717) is 6.42 Å². The van der Waals surface area contributed by atoms with Crippen LogP contribution in [-0.2, 0) is 11.8 Å². The summed E-state index contributed by atoms with van der Waals surface area (Å²) in [6, 6.07) is 7.59. The van der Waals surface area contributed by atoms with Crippen LogP contribution in [0.1, 0.15) is 30.4 Å². The molecule has 1 N–H and O–H groups in total. The number of piperidine rings is 1. The predicted octanol–water partition coefficient (Wildman–Crippen LogP) is 2.64. The van der Waals surface area contributed by atoms with E-state index >= 15 is 0 Å². The summed E-state index contributed by atoms with van der Waals surface area (Å²) in [7, 11) is 1.64. The maximum Gasteiger partial charge on any atom is 0.268 e. The molecule has 1 saturated heterocycles. The quantitative estimate of drug-likeness (QED) is 0.917. The zero-order valence-electron chi connectivity index (χ0n) is 15.7. The second-order valence-electron chi connectivity index (χ2n) is 7.18. The summed E-state index contributed by atoms with van der Waals surface area (Å²) in [4.78, 5) is 26.4. The number of carbonyl (C=O) groups excluding carboxylic acids is 1. The third kappa shape index (κ3) is 4.31. The van der Waals surface area contributed by atoms with Crippen molar-refractivity contribution in [2.75, 3.05) is 23.3 Å². The van der Waals surface area contributed by atoms with E-state index in [0.717, 1.165) is 37.3 Å². The summed E-state index contributed by atoms with van der Waals surface area (Å²) in [5.74, 6) is 0.321. The minimum Gasteiger partial charge on any atom is -0.370 e. The van der Waals surface area contributed by atoms with Gasteiger partial charge >= 0.3 is 0 Å². The lowest BCUT2D eigenvalue weighted by Gasteiger charge is -2.33. The van der Waals surface area contributed by atoms with Gasteiger partial charge in [-0.3, -0.25) is 9.59 Å². The largest absolute Gasteiger partial charge is 0.370 e. The summed E-state index contributed by atoms with van der Waals surface area (Å²) in [6.45, 7) is 5.77. The molecule has 138 valence electrons. The summed E-state index contributed by atoms with van der Waals surface area (Å²) in [5.41, 5.74) is 3.96. The van der Waals surface area contributed by atoms with Crippen molar-refractivity contribution in [1.29, 1.82) is 0 Å². The second kappa shape index (κ2) is 7.72. The molecule has 1 aromatic heterocycles. The van der Waals surface area contributed by atoms with Gasteiger partial charge in [0.2, 0.25) is 5.91 Å². The average Bonchev–Trinajstić information content (AvgIpc) is 2.61. The highest BCUT2D eigenvalue weighted by atomic mass is 16.1. The number of aryl methyl sites for hydroxylation is 3. The van der Waals surface area contributed by atoms with Gasteiger partial charge < -0.3 is 10.2 Å². The molecular weight excluding hydrogens is 328 g/mol. The number of anilines is 2. The van der Waals surface area contributed by atoms with Crippen LogP contribution in [0.25, 0.3) is 0 Å². The highest BCUT2D eigenvalue weighted by molar-refractivity contribution is 5.91. The third-order valence-electron chi connectivity index (χ3n) is 5.10. The fraction of sp³-hybridized carbons (Fsp3) is 0.450. The van der Waals surface area contributed by atoms with Crippen molar-refractivity contribution in [3.8, 4) is 0 Å². The number of hydrogen-bond acceptors (Lipinski definition) is 4. The average molecular weight is 354 g/mol. The number of aromatic nitrogens is 2. The molecule has 6 nitrogen and oxygen atoms in total. The smallest absolute Gasteiger partial charge is 0.268 e. The molecule has 0 radical (unpaired) electrons. The van der Waals surface area contributed by atoms with Gasteiger partial charge in [0, 0.05) is 38.3 Å². The Kier molecular flexibility index (Phi) is 5.40. The Morgan fingerprint density at radius 3 is 2.81 bits per heavy atom. The number of nitrogens with zero attached hydrogens (tertiary/aromatic N) is 3. The van der Waals surface area contributed by atoms with Gasteiger partial charge in [0.25, 0.3) is 5.56 Å². The van der Waals surface area contributed by atoms with Crippen LogP contribution in [-0.4, -0.2) is 28.8 Å².